The first-order valence-corrected chi connectivity index (χ1v) is 7.14. The molecular weight excluding hydrogens is 274 g/mol. The van der Waals surface area contributed by atoms with Crippen LogP contribution in [0.4, 0.5) is 0 Å². The molecule has 0 radical (unpaired) electrons. The van der Waals surface area contributed by atoms with Crippen LogP contribution >= 0.6 is 0 Å². The zero-order valence-electron chi connectivity index (χ0n) is 12.9. The summed E-state index contributed by atoms with van der Waals surface area (Å²) >= 11 is 0. The van der Waals surface area contributed by atoms with Gasteiger partial charge in [0.05, 0.1) is 0 Å². The number of pyridine rings is 1. The maximum absolute atomic E-state index is 5.89. The molecule has 0 spiro atoms. The average Bonchev–Trinajstić information content (AvgIpc) is 2.50. The molecule has 4 nitrogen and oxygen atoms in total. The predicted octanol–water partition coefficient (Wildman–Crippen LogP) is 4.26. The van der Waals surface area contributed by atoms with E-state index >= 15 is 0 Å². The molecule has 0 amide bonds. The van der Waals surface area contributed by atoms with E-state index in [1.54, 1.807) is 6.20 Å². The zero-order chi connectivity index (χ0) is 15.5. The van der Waals surface area contributed by atoms with Gasteiger partial charge in [-0.15, -0.1) is 0 Å². The van der Waals surface area contributed by atoms with Crippen molar-refractivity contribution in [1.29, 1.82) is 0 Å². The molecule has 0 atom stereocenters. The highest BCUT2D eigenvalue weighted by Gasteiger charge is 2.07. The number of hydrogen-bond acceptors (Lipinski definition) is 4. The molecule has 4 heteroatoms. The van der Waals surface area contributed by atoms with Crippen LogP contribution in [0.3, 0.4) is 0 Å². The maximum Gasteiger partial charge on any atom is 0.219 e. The largest absolute Gasteiger partial charge is 0.439 e. The second-order valence-corrected chi connectivity index (χ2v) is 5.25. The van der Waals surface area contributed by atoms with Crippen LogP contribution in [0.15, 0.2) is 48.7 Å². The molecule has 0 N–H and O–H groups in total. The Morgan fingerprint density at radius 1 is 0.909 bits per heavy atom. The summed E-state index contributed by atoms with van der Waals surface area (Å²) in [6.07, 6.45) is 1.73. The van der Waals surface area contributed by atoms with Gasteiger partial charge in [0.15, 0.2) is 5.82 Å². The summed E-state index contributed by atoms with van der Waals surface area (Å²) in [5.41, 5.74) is 3.90. The van der Waals surface area contributed by atoms with Crippen molar-refractivity contribution < 1.29 is 4.74 Å². The highest BCUT2D eigenvalue weighted by Crippen LogP contribution is 2.25. The van der Waals surface area contributed by atoms with E-state index in [9.17, 15) is 0 Å². The molecule has 3 aromatic rings. The molecule has 0 saturated heterocycles. The summed E-state index contributed by atoms with van der Waals surface area (Å²) in [7, 11) is 0. The topological polar surface area (TPSA) is 47.9 Å². The number of ether oxygens (including phenoxy) is 1. The van der Waals surface area contributed by atoms with Crippen LogP contribution in [0.5, 0.6) is 11.6 Å². The first kappa shape index (κ1) is 14.2. The number of benzene rings is 1. The van der Waals surface area contributed by atoms with E-state index in [2.05, 4.69) is 27.9 Å². The zero-order valence-corrected chi connectivity index (χ0v) is 12.9. The first-order chi connectivity index (χ1) is 10.6. The van der Waals surface area contributed by atoms with Gasteiger partial charge in [0.25, 0.3) is 0 Å². The summed E-state index contributed by atoms with van der Waals surface area (Å²) in [4.78, 5) is 13.1. The molecule has 0 aliphatic rings. The lowest BCUT2D eigenvalue weighted by atomic mass is 10.1. The Hall–Kier alpha value is -2.75. The second-order valence-electron chi connectivity index (χ2n) is 5.25. The van der Waals surface area contributed by atoms with Gasteiger partial charge in [0.2, 0.25) is 5.88 Å². The molecule has 0 bridgehead atoms. The molecule has 0 fully saturated rings. The van der Waals surface area contributed by atoms with Gasteiger partial charge >= 0.3 is 0 Å². The molecule has 2 aromatic heterocycles. The minimum Gasteiger partial charge on any atom is -0.439 e. The van der Waals surface area contributed by atoms with Crippen molar-refractivity contribution in [2.45, 2.75) is 20.8 Å². The normalized spacial score (nSPS) is 10.5. The van der Waals surface area contributed by atoms with E-state index in [1.807, 2.05) is 50.2 Å². The van der Waals surface area contributed by atoms with Crippen LogP contribution < -0.4 is 4.74 Å². The molecular formula is C18H17N3O. The van der Waals surface area contributed by atoms with Gasteiger partial charge in [0, 0.05) is 18.0 Å². The van der Waals surface area contributed by atoms with Crippen LogP contribution in [0.1, 0.15) is 16.8 Å². The Bertz CT molecular complexity index is 815. The van der Waals surface area contributed by atoms with Crippen molar-refractivity contribution in [2.24, 2.45) is 0 Å². The van der Waals surface area contributed by atoms with Crippen molar-refractivity contribution in [3.8, 4) is 23.1 Å². The van der Waals surface area contributed by atoms with Gasteiger partial charge in [0.1, 0.15) is 11.4 Å². The number of aromatic nitrogens is 3. The molecule has 0 aliphatic carbocycles. The van der Waals surface area contributed by atoms with E-state index in [0.29, 0.717) is 17.4 Å². The van der Waals surface area contributed by atoms with E-state index in [4.69, 9.17) is 4.74 Å². The molecule has 0 aliphatic heterocycles. The van der Waals surface area contributed by atoms with Gasteiger partial charge < -0.3 is 4.74 Å². The van der Waals surface area contributed by atoms with Crippen LogP contribution in [0, 0.1) is 20.8 Å². The summed E-state index contributed by atoms with van der Waals surface area (Å²) in [6, 6.07) is 13.5. The average molecular weight is 291 g/mol. The molecule has 1 aromatic carbocycles. The third-order valence-electron chi connectivity index (χ3n) is 3.29. The van der Waals surface area contributed by atoms with Crippen molar-refractivity contribution >= 4 is 0 Å². The maximum atomic E-state index is 5.89. The SMILES string of the molecule is Cc1ccc(Oc2cccc(-c3nccc(C)n3)n2)c(C)c1. The fourth-order valence-corrected chi connectivity index (χ4v) is 2.20. The fraction of sp³-hybridized carbons (Fsp3) is 0.167. The lowest BCUT2D eigenvalue weighted by Gasteiger charge is -2.09. The lowest BCUT2D eigenvalue weighted by molar-refractivity contribution is 0.460. The summed E-state index contributed by atoms with van der Waals surface area (Å²) in [5.74, 6) is 1.95. The van der Waals surface area contributed by atoms with Crippen molar-refractivity contribution in [2.75, 3.05) is 0 Å². The number of nitrogens with zero attached hydrogens (tertiary/aromatic N) is 3. The summed E-state index contributed by atoms with van der Waals surface area (Å²) in [6.45, 7) is 6.02. The fourth-order valence-electron chi connectivity index (χ4n) is 2.20. The van der Waals surface area contributed by atoms with Gasteiger partial charge in [-0.3, -0.25) is 0 Å². The predicted molar refractivity (Wildman–Crippen MR) is 86.0 cm³/mol. The van der Waals surface area contributed by atoms with Crippen LogP contribution in [0.2, 0.25) is 0 Å². The molecule has 0 unspecified atom stereocenters. The standard InChI is InChI=1S/C18H17N3O/c1-12-7-8-16(13(2)11-12)22-17-6-4-5-15(21-17)18-19-10-9-14(3)20-18/h4-11H,1-3H3. The number of hydrogen-bond donors (Lipinski definition) is 0. The Kier molecular flexibility index (Phi) is 3.83. The Morgan fingerprint density at radius 2 is 1.77 bits per heavy atom. The van der Waals surface area contributed by atoms with E-state index in [1.165, 1.54) is 5.56 Å². The van der Waals surface area contributed by atoms with Crippen molar-refractivity contribution in [3.05, 3.63) is 65.5 Å². The van der Waals surface area contributed by atoms with Gasteiger partial charge in [-0.25, -0.2) is 15.0 Å². The lowest BCUT2D eigenvalue weighted by Crippen LogP contribution is -1.96. The third-order valence-corrected chi connectivity index (χ3v) is 3.29. The van der Waals surface area contributed by atoms with Gasteiger partial charge in [-0.2, -0.15) is 0 Å². The van der Waals surface area contributed by atoms with Crippen molar-refractivity contribution in [1.82, 2.24) is 15.0 Å². The second kappa shape index (κ2) is 5.93. The van der Waals surface area contributed by atoms with Gasteiger partial charge in [-0.05, 0) is 44.5 Å². The number of rotatable bonds is 3. The smallest absolute Gasteiger partial charge is 0.219 e. The molecule has 2 heterocycles. The molecule has 22 heavy (non-hydrogen) atoms. The van der Waals surface area contributed by atoms with E-state index < -0.39 is 0 Å². The Morgan fingerprint density at radius 3 is 2.55 bits per heavy atom. The Labute approximate surface area is 129 Å². The third kappa shape index (κ3) is 3.11. The van der Waals surface area contributed by atoms with Crippen LogP contribution in [-0.2, 0) is 0 Å². The van der Waals surface area contributed by atoms with E-state index in [0.717, 1.165) is 17.0 Å². The molecule has 0 saturated carbocycles. The van der Waals surface area contributed by atoms with Crippen LogP contribution in [0.25, 0.3) is 11.5 Å². The summed E-state index contributed by atoms with van der Waals surface area (Å²) < 4.78 is 5.89. The Balaban J connectivity index is 1.91. The number of aryl methyl sites for hydroxylation is 3. The van der Waals surface area contributed by atoms with E-state index in [-0.39, 0.29) is 0 Å². The van der Waals surface area contributed by atoms with Crippen LogP contribution in [-0.4, -0.2) is 15.0 Å². The van der Waals surface area contributed by atoms with Gasteiger partial charge in [-0.1, -0.05) is 23.8 Å². The molecule has 110 valence electrons. The molecule has 3 rings (SSSR count). The minimum atomic E-state index is 0.537. The van der Waals surface area contributed by atoms with Crippen molar-refractivity contribution in [3.63, 3.8) is 0 Å². The highest BCUT2D eigenvalue weighted by atomic mass is 16.5. The monoisotopic (exact) mass is 291 g/mol. The quantitative estimate of drug-likeness (QED) is 0.723. The first-order valence-electron chi connectivity index (χ1n) is 7.14. The summed E-state index contributed by atoms with van der Waals surface area (Å²) in [5, 5.41) is 0. The highest BCUT2D eigenvalue weighted by molar-refractivity contribution is 5.50. The minimum absolute atomic E-state index is 0.537.